The van der Waals surface area contributed by atoms with Crippen LogP contribution in [0.2, 0.25) is 0 Å². The Morgan fingerprint density at radius 1 is 1.33 bits per heavy atom. The third-order valence-corrected chi connectivity index (χ3v) is 3.94. The zero-order valence-electron chi connectivity index (χ0n) is 12.4. The van der Waals surface area contributed by atoms with Gasteiger partial charge in [0.25, 0.3) is 0 Å². The predicted molar refractivity (Wildman–Crippen MR) is 79.4 cm³/mol. The number of β-amino-alcohol motifs (C(OH)–C–C–N with tert-alkyl or cyclic N) is 1. The number of carbonyl (C=O) groups is 1. The van der Waals surface area contributed by atoms with Crippen molar-refractivity contribution in [1.82, 2.24) is 4.90 Å². The van der Waals surface area contributed by atoms with Crippen molar-refractivity contribution < 1.29 is 19.7 Å². The van der Waals surface area contributed by atoms with Crippen LogP contribution in [0.4, 0.5) is 0 Å². The van der Waals surface area contributed by atoms with Gasteiger partial charge in [-0.25, -0.2) is 0 Å². The van der Waals surface area contributed by atoms with E-state index in [0.717, 1.165) is 24.4 Å². The second kappa shape index (κ2) is 7.43. The van der Waals surface area contributed by atoms with Crippen molar-refractivity contribution in [1.29, 1.82) is 0 Å². The summed E-state index contributed by atoms with van der Waals surface area (Å²) in [6, 6.07) is 7.47. The van der Waals surface area contributed by atoms with Crippen LogP contribution < -0.4 is 4.74 Å². The topological polar surface area (TPSA) is 70.0 Å². The Morgan fingerprint density at radius 2 is 1.95 bits per heavy atom. The van der Waals surface area contributed by atoms with Gasteiger partial charge in [0, 0.05) is 6.54 Å². The SMILES string of the molecule is CCOc1ccc(C(O)CN2CCC(C(=O)O)CC2)cc1. The van der Waals surface area contributed by atoms with E-state index in [1.165, 1.54) is 0 Å². The molecule has 1 unspecified atom stereocenters. The third-order valence-electron chi connectivity index (χ3n) is 3.94. The second-order valence-electron chi connectivity index (χ2n) is 5.43. The number of aliphatic hydroxyl groups is 1. The van der Waals surface area contributed by atoms with Crippen molar-refractivity contribution in [2.45, 2.75) is 25.9 Å². The molecule has 2 N–H and O–H groups in total. The Bertz CT molecular complexity index is 452. The number of piperidine rings is 1. The molecule has 116 valence electrons. The lowest BCUT2D eigenvalue weighted by atomic mass is 9.96. The fourth-order valence-corrected chi connectivity index (χ4v) is 2.67. The van der Waals surface area contributed by atoms with Gasteiger partial charge in [-0.3, -0.25) is 4.79 Å². The van der Waals surface area contributed by atoms with Gasteiger partial charge in [-0.05, 0) is 50.6 Å². The van der Waals surface area contributed by atoms with Crippen molar-refractivity contribution >= 4 is 5.97 Å². The maximum absolute atomic E-state index is 10.9. The highest BCUT2D eigenvalue weighted by molar-refractivity contribution is 5.70. The lowest BCUT2D eigenvalue weighted by Gasteiger charge is -2.31. The molecule has 1 aromatic carbocycles. The van der Waals surface area contributed by atoms with Crippen molar-refractivity contribution in [3.63, 3.8) is 0 Å². The fraction of sp³-hybridized carbons (Fsp3) is 0.562. The van der Waals surface area contributed by atoms with Gasteiger partial charge >= 0.3 is 5.97 Å². The summed E-state index contributed by atoms with van der Waals surface area (Å²) in [6.07, 6.45) is 0.762. The number of carboxylic acids is 1. The van der Waals surface area contributed by atoms with E-state index >= 15 is 0 Å². The zero-order valence-corrected chi connectivity index (χ0v) is 12.4. The number of aliphatic hydroxyl groups excluding tert-OH is 1. The molecule has 1 heterocycles. The van der Waals surface area contributed by atoms with Crippen molar-refractivity contribution in [2.75, 3.05) is 26.2 Å². The molecule has 21 heavy (non-hydrogen) atoms. The van der Waals surface area contributed by atoms with E-state index in [9.17, 15) is 9.90 Å². The van der Waals surface area contributed by atoms with E-state index in [0.29, 0.717) is 26.0 Å². The minimum Gasteiger partial charge on any atom is -0.494 e. The summed E-state index contributed by atoms with van der Waals surface area (Å²) in [5.41, 5.74) is 0.860. The first-order chi connectivity index (χ1) is 10.1. The van der Waals surface area contributed by atoms with Gasteiger partial charge in [0.1, 0.15) is 5.75 Å². The molecular formula is C16H23NO4. The average Bonchev–Trinajstić information content (AvgIpc) is 2.49. The molecule has 1 aromatic rings. The molecule has 0 aromatic heterocycles. The van der Waals surface area contributed by atoms with Crippen LogP contribution in [0.25, 0.3) is 0 Å². The third kappa shape index (κ3) is 4.44. The van der Waals surface area contributed by atoms with Crippen molar-refractivity contribution in [3.8, 4) is 5.75 Å². The second-order valence-corrected chi connectivity index (χ2v) is 5.43. The van der Waals surface area contributed by atoms with Gasteiger partial charge in [0.15, 0.2) is 0 Å². The Morgan fingerprint density at radius 3 is 2.48 bits per heavy atom. The molecule has 1 aliphatic heterocycles. The summed E-state index contributed by atoms with van der Waals surface area (Å²) in [5, 5.41) is 19.2. The van der Waals surface area contributed by atoms with Crippen LogP contribution in [0.3, 0.4) is 0 Å². The van der Waals surface area contributed by atoms with Crippen LogP contribution in [-0.4, -0.2) is 47.3 Å². The molecule has 0 aliphatic carbocycles. The van der Waals surface area contributed by atoms with E-state index in [1.807, 2.05) is 31.2 Å². The first kappa shape index (κ1) is 15.8. The molecule has 0 bridgehead atoms. The Balaban J connectivity index is 1.84. The van der Waals surface area contributed by atoms with Crippen LogP contribution in [-0.2, 0) is 4.79 Å². The quantitative estimate of drug-likeness (QED) is 0.838. The van der Waals surface area contributed by atoms with Crippen molar-refractivity contribution in [2.24, 2.45) is 5.92 Å². The van der Waals surface area contributed by atoms with Crippen LogP contribution >= 0.6 is 0 Å². The van der Waals surface area contributed by atoms with Gasteiger partial charge in [-0.2, -0.15) is 0 Å². The minimum absolute atomic E-state index is 0.233. The summed E-state index contributed by atoms with van der Waals surface area (Å²) >= 11 is 0. The lowest BCUT2D eigenvalue weighted by molar-refractivity contribution is -0.143. The van der Waals surface area contributed by atoms with Crippen LogP contribution in [0, 0.1) is 5.92 Å². The van der Waals surface area contributed by atoms with Crippen LogP contribution in [0.15, 0.2) is 24.3 Å². The van der Waals surface area contributed by atoms with Gasteiger partial charge in [-0.15, -0.1) is 0 Å². The van der Waals surface area contributed by atoms with Gasteiger partial charge < -0.3 is 19.8 Å². The van der Waals surface area contributed by atoms with Gasteiger partial charge in [0.05, 0.1) is 18.6 Å². The van der Waals surface area contributed by atoms with Gasteiger partial charge in [0.2, 0.25) is 0 Å². The summed E-state index contributed by atoms with van der Waals surface area (Å²) in [7, 11) is 0. The number of hydrogen-bond acceptors (Lipinski definition) is 4. The number of hydrogen-bond donors (Lipinski definition) is 2. The molecular weight excluding hydrogens is 270 g/mol. The lowest BCUT2D eigenvalue weighted by Crippen LogP contribution is -2.38. The smallest absolute Gasteiger partial charge is 0.306 e. The van der Waals surface area contributed by atoms with Gasteiger partial charge in [-0.1, -0.05) is 12.1 Å². The summed E-state index contributed by atoms with van der Waals surface area (Å²) in [6.45, 7) is 4.56. The number of carboxylic acid groups (broad SMARTS) is 1. The molecule has 1 aliphatic rings. The number of aliphatic carboxylic acids is 1. The van der Waals surface area contributed by atoms with E-state index in [1.54, 1.807) is 0 Å². The highest BCUT2D eigenvalue weighted by Crippen LogP contribution is 2.22. The molecule has 5 nitrogen and oxygen atoms in total. The number of nitrogens with zero attached hydrogens (tertiary/aromatic N) is 1. The first-order valence-electron chi connectivity index (χ1n) is 7.46. The molecule has 0 amide bonds. The summed E-state index contributed by atoms with van der Waals surface area (Å²) in [5.74, 6) is -0.138. The zero-order chi connectivity index (χ0) is 15.2. The van der Waals surface area contributed by atoms with E-state index < -0.39 is 12.1 Å². The van der Waals surface area contributed by atoms with Crippen molar-refractivity contribution in [3.05, 3.63) is 29.8 Å². The molecule has 0 saturated carbocycles. The number of benzene rings is 1. The minimum atomic E-state index is -0.707. The Hall–Kier alpha value is -1.59. The highest BCUT2D eigenvalue weighted by atomic mass is 16.5. The maximum Gasteiger partial charge on any atom is 0.306 e. The maximum atomic E-state index is 10.9. The van der Waals surface area contributed by atoms with Crippen LogP contribution in [0.1, 0.15) is 31.4 Å². The largest absolute Gasteiger partial charge is 0.494 e. The van der Waals surface area contributed by atoms with E-state index in [2.05, 4.69) is 4.90 Å². The molecule has 0 spiro atoms. The predicted octanol–water partition coefficient (Wildman–Crippen LogP) is 1.92. The Labute approximate surface area is 125 Å². The molecule has 1 fully saturated rings. The number of ether oxygens (including phenoxy) is 1. The molecule has 2 rings (SSSR count). The molecule has 5 heteroatoms. The molecule has 0 radical (unpaired) electrons. The molecule has 1 atom stereocenters. The first-order valence-corrected chi connectivity index (χ1v) is 7.46. The fourth-order valence-electron chi connectivity index (χ4n) is 2.67. The monoisotopic (exact) mass is 293 g/mol. The van der Waals surface area contributed by atoms with E-state index in [-0.39, 0.29) is 5.92 Å². The van der Waals surface area contributed by atoms with Crippen LogP contribution in [0.5, 0.6) is 5.75 Å². The number of likely N-dealkylation sites (tertiary alicyclic amines) is 1. The standard InChI is InChI=1S/C16H23NO4/c1-2-21-14-5-3-12(4-6-14)15(18)11-17-9-7-13(8-10-17)16(19)20/h3-6,13,15,18H,2,7-11H2,1H3,(H,19,20). The number of rotatable bonds is 6. The Kier molecular flexibility index (Phi) is 5.59. The summed E-state index contributed by atoms with van der Waals surface area (Å²) in [4.78, 5) is 13.0. The van der Waals surface area contributed by atoms with E-state index in [4.69, 9.17) is 9.84 Å². The molecule has 1 saturated heterocycles. The highest BCUT2D eigenvalue weighted by Gasteiger charge is 2.25. The summed E-state index contributed by atoms with van der Waals surface area (Å²) < 4.78 is 5.38. The average molecular weight is 293 g/mol. The normalized spacial score (nSPS) is 18.4.